The molecule has 2 aromatic rings. The molecule has 1 amide bonds. The van der Waals surface area contributed by atoms with Crippen LogP contribution in [-0.4, -0.2) is 63.4 Å². The minimum Gasteiger partial charge on any atom is -0.496 e. The van der Waals surface area contributed by atoms with Gasteiger partial charge in [-0.05, 0) is 18.2 Å². The monoisotopic (exact) mass is 421 g/mol. The number of hydrogen-bond acceptors (Lipinski definition) is 5. The van der Waals surface area contributed by atoms with Gasteiger partial charge in [0, 0.05) is 38.3 Å². The van der Waals surface area contributed by atoms with E-state index in [-0.39, 0.29) is 30.4 Å². The summed E-state index contributed by atoms with van der Waals surface area (Å²) >= 11 is 0. The summed E-state index contributed by atoms with van der Waals surface area (Å²) in [5.41, 5.74) is 0.879. The van der Waals surface area contributed by atoms with Gasteiger partial charge in [-0.2, -0.15) is 4.31 Å². The first-order valence-electron chi connectivity index (χ1n) is 9.27. The molecular formula is C20H24FN3O4S. The Labute approximate surface area is 170 Å². The summed E-state index contributed by atoms with van der Waals surface area (Å²) in [5, 5.41) is 2.85. The van der Waals surface area contributed by atoms with Crippen LogP contribution in [0.1, 0.15) is 5.56 Å². The number of ether oxygens (including phenoxy) is 1. The maximum atomic E-state index is 13.9. The lowest BCUT2D eigenvalue weighted by atomic mass is 10.2. The summed E-state index contributed by atoms with van der Waals surface area (Å²) in [7, 11) is -2.30. The van der Waals surface area contributed by atoms with Crippen LogP contribution < -0.4 is 10.1 Å². The van der Waals surface area contributed by atoms with Crippen LogP contribution in [0.25, 0.3) is 0 Å². The fourth-order valence-electron chi connectivity index (χ4n) is 3.22. The molecule has 0 atom stereocenters. The predicted octanol–water partition coefficient (Wildman–Crippen LogP) is 1.46. The average Bonchev–Trinajstić information content (AvgIpc) is 2.73. The number of nitrogens with one attached hydrogen (secondary N) is 1. The molecule has 9 heteroatoms. The first-order valence-corrected chi connectivity index (χ1v) is 10.7. The molecule has 0 aliphatic carbocycles. The zero-order chi connectivity index (χ0) is 20.9. The number of benzene rings is 2. The fraction of sp³-hybridized carbons (Fsp3) is 0.350. The van der Waals surface area contributed by atoms with E-state index >= 15 is 0 Å². The van der Waals surface area contributed by atoms with Gasteiger partial charge < -0.3 is 10.1 Å². The number of piperazine rings is 1. The number of amides is 1. The summed E-state index contributed by atoms with van der Waals surface area (Å²) in [6.07, 6.45) is 0. The molecule has 0 aromatic heterocycles. The van der Waals surface area contributed by atoms with Crippen molar-refractivity contribution in [3.63, 3.8) is 0 Å². The van der Waals surface area contributed by atoms with Crippen molar-refractivity contribution in [3.8, 4) is 5.75 Å². The van der Waals surface area contributed by atoms with Crippen LogP contribution in [0.3, 0.4) is 0 Å². The number of carbonyl (C=O) groups excluding carboxylic acids is 1. The molecule has 7 nitrogen and oxygen atoms in total. The molecule has 1 fully saturated rings. The molecule has 0 bridgehead atoms. The van der Waals surface area contributed by atoms with Crippen LogP contribution in [0.4, 0.5) is 4.39 Å². The third-order valence-corrected chi connectivity index (χ3v) is 6.75. The molecular weight excluding hydrogens is 397 g/mol. The van der Waals surface area contributed by atoms with Crippen LogP contribution in [0, 0.1) is 5.82 Å². The Morgan fingerprint density at radius 3 is 2.41 bits per heavy atom. The normalized spacial score (nSPS) is 15.8. The molecule has 0 unspecified atom stereocenters. The highest BCUT2D eigenvalue weighted by Crippen LogP contribution is 2.20. The molecule has 0 saturated carbocycles. The maximum absolute atomic E-state index is 13.9. The van der Waals surface area contributed by atoms with E-state index in [0.29, 0.717) is 25.4 Å². The van der Waals surface area contributed by atoms with E-state index < -0.39 is 15.8 Å². The van der Waals surface area contributed by atoms with Gasteiger partial charge in [0.1, 0.15) is 16.5 Å². The number of carbonyl (C=O) groups is 1. The zero-order valence-corrected chi connectivity index (χ0v) is 17.0. The summed E-state index contributed by atoms with van der Waals surface area (Å²) in [6.45, 7) is 1.73. The van der Waals surface area contributed by atoms with Crippen molar-refractivity contribution < 1.29 is 22.3 Å². The van der Waals surface area contributed by atoms with E-state index in [9.17, 15) is 17.6 Å². The molecule has 0 spiro atoms. The first-order chi connectivity index (χ1) is 13.9. The van der Waals surface area contributed by atoms with E-state index in [4.69, 9.17) is 4.74 Å². The van der Waals surface area contributed by atoms with Crippen molar-refractivity contribution in [2.24, 2.45) is 0 Å². The van der Waals surface area contributed by atoms with Gasteiger partial charge in [0.15, 0.2) is 0 Å². The molecule has 1 aliphatic rings. The van der Waals surface area contributed by atoms with Crippen molar-refractivity contribution >= 4 is 15.9 Å². The van der Waals surface area contributed by atoms with Crippen molar-refractivity contribution in [2.75, 3.05) is 39.8 Å². The third-order valence-electron chi connectivity index (χ3n) is 4.82. The Morgan fingerprint density at radius 2 is 1.72 bits per heavy atom. The summed E-state index contributed by atoms with van der Waals surface area (Å²) in [4.78, 5) is 13.8. The highest BCUT2D eigenvalue weighted by atomic mass is 32.2. The molecule has 29 heavy (non-hydrogen) atoms. The smallest absolute Gasteiger partial charge is 0.246 e. The largest absolute Gasteiger partial charge is 0.496 e. The van der Waals surface area contributed by atoms with Gasteiger partial charge in [-0.3, -0.25) is 9.69 Å². The zero-order valence-electron chi connectivity index (χ0n) is 16.2. The van der Waals surface area contributed by atoms with E-state index in [0.717, 1.165) is 11.6 Å². The molecule has 1 saturated heterocycles. The highest BCUT2D eigenvalue weighted by Gasteiger charge is 2.30. The van der Waals surface area contributed by atoms with Crippen molar-refractivity contribution in [1.29, 1.82) is 0 Å². The Morgan fingerprint density at radius 1 is 1.07 bits per heavy atom. The summed E-state index contributed by atoms with van der Waals surface area (Å²) in [5.74, 6) is -0.202. The molecule has 1 N–H and O–H groups in total. The average molecular weight is 421 g/mol. The number of sulfonamides is 1. The van der Waals surface area contributed by atoms with Gasteiger partial charge >= 0.3 is 0 Å². The van der Waals surface area contributed by atoms with Gasteiger partial charge in [-0.25, -0.2) is 12.8 Å². The molecule has 0 radical (unpaired) electrons. The van der Waals surface area contributed by atoms with Gasteiger partial charge in [0.05, 0.1) is 13.7 Å². The topological polar surface area (TPSA) is 79.0 Å². The number of hydrogen-bond donors (Lipinski definition) is 1. The summed E-state index contributed by atoms with van der Waals surface area (Å²) in [6, 6.07) is 12.8. The molecule has 156 valence electrons. The lowest BCUT2D eigenvalue weighted by molar-refractivity contribution is -0.122. The van der Waals surface area contributed by atoms with Crippen molar-refractivity contribution in [1.82, 2.24) is 14.5 Å². The molecule has 1 heterocycles. The van der Waals surface area contributed by atoms with Crippen molar-refractivity contribution in [2.45, 2.75) is 11.4 Å². The van der Waals surface area contributed by atoms with Gasteiger partial charge in [-0.15, -0.1) is 0 Å². The second-order valence-corrected chi connectivity index (χ2v) is 8.61. The number of nitrogens with zero attached hydrogens (tertiary/aromatic N) is 2. The van der Waals surface area contributed by atoms with Gasteiger partial charge in [0.2, 0.25) is 15.9 Å². The number of methoxy groups -OCH3 is 1. The van der Waals surface area contributed by atoms with Crippen molar-refractivity contribution in [3.05, 3.63) is 59.9 Å². The molecule has 2 aromatic carbocycles. The number of halogens is 1. The second kappa shape index (κ2) is 9.34. The minimum atomic E-state index is -3.88. The lowest BCUT2D eigenvalue weighted by Crippen LogP contribution is -2.51. The van der Waals surface area contributed by atoms with Gasteiger partial charge in [0.25, 0.3) is 0 Å². The standard InChI is InChI=1S/C20H24FN3O4S/c1-28-18-8-4-2-6-16(18)14-22-20(25)15-23-10-12-24(13-11-23)29(26,27)19-9-5-3-7-17(19)21/h2-9H,10-15H2,1H3,(H,22,25). The Kier molecular flexibility index (Phi) is 6.83. The number of para-hydroxylation sites is 1. The van der Waals surface area contributed by atoms with Crippen LogP contribution >= 0.6 is 0 Å². The lowest BCUT2D eigenvalue weighted by Gasteiger charge is -2.33. The minimum absolute atomic E-state index is 0.152. The van der Waals surface area contributed by atoms with Crippen LogP contribution in [0.15, 0.2) is 53.4 Å². The number of rotatable bonds is 7. The maximum Gasteiger partial charge on any atom is 0.246 e. The summed E-state index contributed by atoms with van der Waals surface area (Å²) < 4.78 is 45.7. The van der Waals surface area contributed by atoms with E-state index in [1.54, 1.807) is 7.11 Å². The SMILES string of the molecule is COc1ccccc1CNC(=O)CN1CCN(S(=O)(=O)c2ccccc2F)CC1. The molecule has 1 aliphatic heterocycles. The van der Waals surface area contributed by atoms with E-state index in [2.05, 4.69) is 5.32 Å². The van der Waals surface area contributed by atoms with Crippen LogP contribution in [0.2, 0.25) is 0 Å². The van der Waals surface area contributed by atoms with E-state index in [1.165, 1.54) is 22.5 Å². The Hall–Kier alpha value is -2.49. The molecule has 3 rings (SSSR count). The fourth-order valence-corrected chi connectivity index (χ4v) is 4.71. The van der Waals surface area contributed by atoms with Crippen LogP contribution in [0.5, 0.6) is 5.75 Å². The Balaban J connectivity index is 1.51. The Bertz CT molecular complexity index is 960. The third kappa shape index (κ3) is 5.11. The van der Waals surface area contributed by atoms with Gasteiger partial charge in [-0.1, -0.05) is 30.3 Å². The van der Waals surface area contributed by atoms with Crippen LogP contribution in [-0.2, 0) is 21.4 Å². The second-order valence-electron chi connectivity index (χ2n) is 6.70. The highest BCUT2D eigenvalue weighted by molar-refractivity contribution is 7.89. The first kappa shape index (κ1) is 21.2. The van der Waals surface area contributed by atoms with E-state index in [1.807, 2.05) is 29.2 Å². The predicted molar refractivity (Wildman–Crippen MR) is 106 cm³/mol. The quantitative estimate of drug-likeness (QED) is 0.732.